The topological polar surface area (TPSA) is 29.1 Å². The predicted molar refractivity (Wildman–Crippen MR) is 88.3 cm³/mol. The fourth-order valence-corrected chi connectivity index (χ4v) is 2.90. The van der Waals surface area contributed by atoms with E-state index < -0.39 is 0 Å². The van der Waals surface area contributed by atoms with Gasteiger partial charge in [-0.2, -0.15) is 0 Å². The van der Waals surface area contributed by atoms with Crippen molar-refractivity contribution in [2.45, 2.75) is 25.8 Å². The summed E-state index contributed by atoms with van der Waals surface area (Å²) in [6, 6.07) is 16.1. The van der Waals surface area contributed by atoms with Crippen molar-refractivity contribution in [2.24, 2.45) is 5.92 Å². The molecule has 1 N–H and O–H groups in total. The quantitative estimate of drug-likeness (QED) is 0.860. The van der Waals surface area contributed by atoms with Gasteiger partial charge < -0.3 is 5.32 Å². The minimum Gasteiger partial charge on any atom is -0.345 e. The van der Waals surface area contributed by atoms with Crippen LogP contribution in [0.2, 0.25) is 0 Å². The van der Waals surface area contributed by atoms with Crippen LogP contribution < -0.4 is 5.32 Å². The molecule has 1 saturated carbocycles. The Hall–Kier alpha value is -1.61. The lowest BCUT2D eigenvalue weighted by Gasteiger charge is -2.19. The number of halogens is 1. The van der Waals surface area contributed by atoms with E-state index in [0.29, 0.717) is 11.5 Å². The van der Waals surface area contributed by atoms with E-state index in [0.717, 1.165) is 10.0 Å². The molecular weight excluding hydrogens is 326 g/mol. The first kappa shape index (κ1) is 14.3. The SMILES string of the molecule is Cc1ccc(C(=O)NC(c2ccccc2)C2CC2)cc1Br. The average molecular weight is 344 g/mol. The van der Waals surface area contributed by atoms with E-state index in [9.17, 15) is 4.79 Å². The standard InChI is InChI=1S/C18H18BrNO/c1-12-7-8-15(11-16(12)19)18(21)20-17(14-9-10-14)13-5-3-2-4-6-13/h2-8,11,14,17H,9-10H2,1H3,(H,20,21). The Morgan fingerprint density at radius 1 is 1.19 bits per heavy atom. The summed E-state index contributed by atoms with van der Waals surface area (Å²) in [5.41, 5.74) is 3.03. The Labute approximate surface area is 133 Å². The molecule has 0 aromatic heterocycles. The van der Waals surface area contributed by atoms with Crippen LogP contribution in [0.25, 0.3) is 0 Å². The molecule has 1 atom stereocenters. The van der Waals surface area contributed by atoms with Gasteiger partial charge in [0.15, 0.2) is 0 Å². The second-order valence-corrected chi connectivity index (χ2v) is 6.52. The van der Waals surface area contributed by atoms with E-state index in [1.54, 1.807) is 0 Å². The number of hydrogen-bond donors (Lipinski definition) is 1. The molecule has 21 heavy (non-hydrogen) atoms. The van der Waals surface area contributed by atoms with E-state index in [1.165, 1.54) is 18.4 Å². The van der Waals surface area contributed by atoms with Crippen LogP contribution in [0.1, 0.15) is 40.4 Å². The molecule has 0 radical (unpaired) electrons. The van der Waals surface area contributed by atoms with Crippen molar-refractivity contribution < 1.29 is 4.79 Å². The van der Waals surface area contributed by atoms with E-state index in [2.05, 4.69) is 33.4 Å². The smallest absolute Gasteiger partial charge is 0.251 e. The van der Waals surface area contributed by atoms with Crippen molar-refractivity contribution >= 4 is 21.8 Å². The van der Waals surface area contributed by atoms with Crippen molar-refractivity contribution in [1.82, 2.24) is 5.32 Å². The molecule has 1 unspecified atom stereocenters. The Morgan fingerprint density at radius 3 is 2.52 bits per heavy atom. The van der Waals surface area contributed by atoms with Crippen molar-refractivity contribution in [2.75, 3.05) is 0 Å². The lowest BCUT2D eigenvalue weighted by atomic mass is 10.0. The fourth-order valence-electron chi connectivity index (χ4n) is 2.52. The van der Waals surface area contributed by atoms with Crippen molar-refractivity contribution in [3.05, 3.63) is 69.7 Å². The van der Waals surface area contributed by atoms with Crippen molar-refractivity contribution in [3.63, 3.8) is 0 Å². The molecule has 1 aliphatic rings. The van der Waals surface area contributed by atoms with Crippen LogP contribution in [-0.2, 0) is 0 Å². The number of aryl methyl sites for hydroxylation is 1. The molecule has 1 fully saturated rings. The summed E-state index contributed by atoms with van der Waals surface area (Å²) in [7, 11) is 0. The second kappa shape index (κ2) is 6.02. The molecule has 0 bridgehead atoms. The highest BCUT2D eigenvalue weighted by Crippen LogP contribution is 2.41. The molecule has 0 heterocycles. The van der Waals surface area contributed by atoms with E-state index in [4.69, 9.17) is 0 Å². The van der Waals surface area contributed by atoms with Gasteiger partial charge in [-0.3, -0.25) is 4.79 Å². The first-order chi connectivity index (χ1) is 10.1. The zero-order valence-corrected chi connectivity index (χ0v) is 13.6. The maximum Gasteiger partial charge on any atom is 0.251 e. The molecule has 1 amide bonds. The van der Waals surface area contributed by atoms with Gasteiger partial charge in [-0.15, -0.1) is 0 Å². The van der Waals surface area contributed by atoms with Gasteiger partial charge in [-0.05, 0) is 48.9 Å². The number of amides is 1. The van der Waals surface area contributed by atoms with Crippen LogP contribution in [-0.4, -0.2) is 5.91 Å². The lowest BCUT2D eigenvalue weighted by molar-refractivity contribution is 0.0931. The summed E-state index contributed by atoms with van der Waals surface area (Å²) >= 11 is 3.49. The monoisotopic (exact) mass is 343 g/mol. The Morgan fingerprint density at radius 2 is 1.90 bits per heavy atom. The van der Waals surface area contributed by atoms with Gasteiger partial charge in [-0.25, -0.2) is 0 Å². The number of nitrogens with one attached hydrogen (secondary N) is 1. The van der Waals surface area contributed by atoms with Crippen LogP contribution in [0, 0.1) is 12.8 Å². The maximum atomic E-state index is 12.5. The first-order valence-electron chi connectivity index (χ1n) is 7.27. The normalized spacial score (nSPS) is 15.5. The van der Waals surface area contributed by atoms with Gasteiger partial charge in [0.05, 0.1) is 6.04 Å². The van der Waals surface area contributed by atoms with Crippen LogP contribution >= 0.6 is 15.9 Å². The molecule has 3 heteroatoms. The highest BCUT2D eigenvalue weighted by molar-refractivity contribution is 9.10. The fraction of sp³-hybridized carbons (Fsp3) is 0.278. The van der Waals surface area contributed by atoms with Gasteiger partial charge in [0.2, 0.25) is 0 Å². The summed E-state index contributed by atoms with van der Waals surface area (Å²) in [6.07, 6.45) is 2.38. The minimum absolute atomic E-state index is 0.00328. The third-order valence-electron chi connectivity index (χ3n) is 3.97. The summed E-state index contributed by atoms with van der Waals surface area (Å²) in [5.74, 6) is 0.571. The molecule has 2 aromatic rings. The number of hydrogen-bond acceptors (Lipinski definition) is 1. The molecular formula is C18H18BrNO. The zero-order chi connectivity index (χ0) is 14.8. The molecule has 1 aliphatic carbocycles. The molecule has 0 aliphatic heterocycles. The highest BCUT2D eigenvalue weighted by atomic mass is 79.9. The molecule has 2 aromatic carbocycles. The summed E-state index contributed by atoms with van der Waals surface area (Å²) in [6.45, 7) is 2.02. The lowest BCUT2D eigenvalue weighted by Crippen LogP contribution is -2.29. The van der Waals surface area contributed by atoms with Gasteiger partial charge in [0, 0.05) is 10.0 Å². The second-order valence-electron chi connectivity index (χ2n) is 5.66. The zero-order valence-electron chi connectivity index (χ0n) is 12.0. The maximum absolute atomic E-state index is 12.5. The van der Waals surface area contributed by atoms with Crippen molar-refractivity contribution in [3.8, 4) is 0 Å². The average Bonchev–Trinajstić information content (AvgIpc) is 3.33. The Bertz CT molecular complexity index is 650. The summed E-state index contributed by atoms with van der Waals surface area (Å²) in [5, 5.41) is 3.20. The van der Waals surface area contributed by atoms with Crippen LogP contribution in [0.5, 0.6) is 0 Å². The largest absolute Gasteiger partial charge is 0.345 e. The van der Waals surface area contributed by atoms with Gasteiger partial charge in [0.25, 0.3) is 5.91 Å². The van der Waals surface area contributed by atoms with Gasteiger partial charge in [-0.1, -0.05) is 52.3 Å². The predicted octanol–water partition coefficient (Wildman–Crippen LogP) is 4.64. The van der Waals surface area contributed by atoms with E-state index in [-0.39, 0.29) is 11.9 Å². The van der Waals surface area contributed by atoms with E-state index in [1.807, 2.05) is 43.3 Å². The van der Waals surface area contributed by atoms with Crippen molar-refractivity contribution in [1.29, 1.82) is 0 Å². The molecule has 2 nitrogen and oxygen atoms in total. The Balaban J connectivity index is 1.79. The molecule has 3 rings (SSSR count). The first-order valence-corrected chi connectivity index (χ1v) is 8.06. The molecule has 108 valence electrons. The van der Waals surface area contributed by atoms with Crippen LogP contribution in [0.3, 0.4) is 0 Å². The number of rotatable bonds is 4. The highest BCUT2D eigenvalue weighted by Gasteiger charge is 2.33. The number of carbonyl (C=O) groups is 1. The van der Waals surface area contributed by atoms with Crippen LogP contribution in [0.15, 0.2) is 53.0 Å². The third-order valence-corrected chi connectivity index (χ3v) is 4.83. The summed E-state index contributed by atoms with van der Waals surface area (Å²) < 4.78 is 0.970. The van der Waals surface area contributed by atoms with Gasteiger partial charge >= 0.3 is 0 Å². The van der Waals surface area contributed by atoms with Gasteiger partial charge in [0.1, 0.15) is 0 Å². The summed E-state index contributed by atoms with van der Waals surface area (Å²) in [4.78, 5) is 12.5. The number of carbonyl (C=O) groups excluding carboxylic acids is 1. The third kappa shape index (κ3) is 3.35. The minimum atomic E-state index is -0.00328. The number of benzene rings is 2. The van der Waals surface area contributed by atoms with E-state index >= 15 is 0 Å². The molecule has 0 spiro atoms. The molecule has 0 saturated heterocycles. The van der Waals surface area contributed by atoms with Crippen LogP contribution in [0.4, 0.5) is 0 Å². The Kier molecular flexibility index (Phi) is 4.11.